The Balaban J connectivity index is 2.07. The first-order chi connectivity index (χ1) is 10.6. The van der Waals surface area contributed by atoms with Gasteiger partial charge in [-0.05, 0) is 29.3 Å². The number of amides is 1. The molecule has 0 unspecified atom stereocenters. The minimum Gasteiger partial charge on any atom is -0.457 e. The molecular formula is C17H17NO4. The van der Waals surface area contributed by atoms with E-state index in [1.807, 2.05) is 12.1 Å². The number of ether oxygens (including phenoxy) is 2. The Kier molecular flexibility index (Phi) is 5.27. The Labute approximate surface area is 128 Å². The zero-order valence-corrected chi connectivity index (χ0v) is 12.2. The molecule has 0 aliphatic carbocycles. The molecule has 0 saturated heterocycles. The summed E-state index contributed by atoms with van der Waals surface area (Å²) in [5.41, 5.74) is 7.54. The lowest BCUT2D eigenvalue weighted by Gasteiger charge is -2.09. The fraction of sp³-hybridized carbons (Fsp3) is 0.176. The van der Waals surface area contributed by atoms with Gasteiger partial charge in [-0.25, -0.2) is 4.79 Å². The van der Waals surface area contributed by atoms with Gasteiger partial charge in [0.2, 0.25) is 5.91 Å². The van der Waals surface area contributed by atoms with E-state index in [1.54, 1.807) is 43.5 Å². The van der Waals surface area contributed by atoms with E-state index in [0.717, 1.165) is 5.56 Å². The number of methoxy groups -OCH3 is 1. The van der Waals surface area contributed by atoms with E-state index >= 15 is 0 Å². The van der Waals surface area contributed by atoms with Crippen LogP contribution in [0.4, 0.5) is 0 Å². The minimum atomic E-state index is -0.515. The van der Waals surface area contributed by atoms with E-state index in [0.29, 0.717) is 23.3 Å². The van der Waals surface area contributed by atoms with Crippen molar-refractivity contribution in [1.29, 1.82) is 0 Å². The van der Waals surface area contributed by atoms with Crippen molar-refractivity contribution in [3.63, 3.8) is 0 Å². The highest BCUT2D eigenvalue weighted by atomic mass is 16.5. The lowest BCUT2D eigenvalue weighted by Crippen LogP contribution is -2.12. The highest BCUT2D eigenvalue weighted by Gasteiger charge is 2.12. The number of nitrogens with two attached hydrogens (primary N) is 1. The molecule has 0 spiro atoms. The molecule has 0 aromatic heterocycles. The molecule has 114 valence electrons. The molecule has 0 atom stereocenters. The first kappa shape index (κ1) is 15.7. The van der Waals surface area contributed by atoms with Gasteiger partial charge < -0.3 is 15.2 Å². The van der Waals surface area contributed by atoms with Gasteiger partial charge in [0.25, 0.3) is 0 Å². The number of hydrogen-bond donors (Lipinski definition) is 1. The zero-order valence-electron chi connectivity index (χ0n) is 12.2. The highest BCUT2D eigenvalue weighted by molar-refractivity contribution is 5.93. The monoisotopic (exact) mass is 299 g/mol. The molecule has 2 N–H and O–H groups in total. The second kappa shape index (κ2) is 7.38. The van der Waals surface area contributed by atoms with Crippen LogP contribution in [0.3, 0.4) is 0 Å². The van der Waals surface area contributed by atoms with Crippen molar-refractivity contribution in [1.82, 2.24) is 0 Å². The van der Waals surface area contributed by atoms with E-state index in [9.17, 15) is 9.59 Å². The van der Waals surface area contributed by atoms with Crippen LogP contribution in [0.25, 0.3) is 0 Å². The first-order valence-corrected chi connectivity index (χ1v) is 6.74. The van der Waals surface area contributed by atoms with Crippen molar-refractivity contribution in [2.45, 2.75) is 13.2 Å². The van der Waals surface area contributed by atoms with E-state index in [2.05, 4.69) is 0 Å². The molecule has 0 bridgehead atoms. The molecule has 0 radical (unpaired) electrons. The number of primary amides is 1. The summed E-state index contributed by atoms with van der Waals surface area (Å²) >= 11 is 0. The maximum absolute atomic E-state index is 12.2. The number of carbonyl (C=O) groups excluding carboxylic acids is 2. The summed E-state index contributed by atoms with van der Waals surface area (Å²) in [6, 6.07) is 13.8. The van der Waals surface area contributed by atoms with Crippen LogP contribution < -0.4 is 5.73 Å². The Morgan fingerprint density at radius 1 is 1.05 bits per heavy atom. The van der Waals surface area contributed by atoms with Crippen LogP contribution in [0.15, 0.2) is 48.5 Å². The standard InChI is InChI=1S/C17H17NO4/c1-21-11-14-6-2-3-8-15(14)17(20)22-10-12-5-4-7-13(9-12)16(18)19/h2-9H,10-11H2,1H3,(H2,18,19). The number of benzene rings is 2. The van der Waals surface area contributed by atoms with Crippen LogP contribution in [0, 0.1) is 0 Å². The quantitative estimate of drug-likeness (QED) is 0.830. The summed E-state index contributed by atoms with van der Waals surface area (Å²) in [5, 5.41) is 0. The SMILES string of the molecule is COCc1ccccc1C(=O)OCc1cccc(C(N)=O)c1. The molecule has 1 amide bonds. The van der Waals surface area contributed by atoms with Crippen molar-refractivity contribution in [2.24, 2.45) is 5.73 Å². The molecule has 2 rings (SSSR count). The van der Waals surface area contributed by atoms with E-state index in [-0.39, 0.29) is 6.61 Å². The molecule has 5 heteroatoms. The van der Waals surface area contributed by atoms with Gasteiger partial charge in [0, 0.05) is 12.7 Å². The Hall–Kier alpha value is -2.66. The highest BCUT2D eigenvalue weighted by Crippen LogP contribution is 2.13. The summed E-state index contributed by atoms with van der Waals surface area (Å²) in [4.78, 5) is 23.3. The molecule has 0 saturated carbocycles. The lowest BCUT2D eigenvalue weighted by molar-refractivity contribution is 0.0468. The first-order valence-electron chi connectivity index (χ1n) is 6.74. The normalized spacial score (nSPS) is 10.2. The number of hydrogen-bond acceptors (Lipinski definition) is 4. The van der Waals surface area contributed by atoms with Crippen LogP contribution in [-0.4, -0.2) is 19.0 Å². The topological polar surface area (TPSA) is 78.6 Å². The average molecular weight is 299 g/mol. The van der Waals surface area contributed by atoms with E-state index in [1.165, 1.54) is 0 Å². The van der Waals surface area contributed by atoms with Crippen LogP contribution in [0.5, 0.6) is 0 Å². The van der Waals surface area contributed by atoms with Gasteiger partial charge in [-0.1, -0.05) is 30.3 Å². The Morgan fingerprint density at radius 2 is 1.82 bits per heavy atom. The van der Waals surface area contributed by atoms with Crippen molar-refractivity contribution in [2.75, 3.05) is 7.11 Å². The van der Waals surface area contributed by atoms with Crippen LogP contribution in [-0.2, 0) is 22.7 Å². The van der Waals surface area contributed by atoms with Crippen LogP contribution in [0.1, 0.15) is 31.8 Å². The summed E-state index contributed by atoms with van der Waals surface area (Å²) < 4.78 is 10.4. The maximum Gasteiger partial charge on any atom is 0.338 e. The Morgan fingerprint density at radius 3 is 2.55 bits per heavy atom. The second-order valence-corrected chi connectivity index (χ2v) is 4.73. The van der Waals surface area contributed by atoms with Crippen molar-refractivity contribution in [3.8, 4) is 0 Å². The van der Waals surface area contributed by atoms with E-state index in [4.69, 9.17) is 15.2 Å². The van der Waals surface area contributed by atoms with Crippen molar-refractivity contribution >= 4 is 11.9 Å². The predicted octanol–water partition coefficient (Wildman–Crippen LogP) is 2.29. The van der Waals surface area contributed by atoms with Gasteiger partial charge >= 0.3 is 5.97 Å². The molecule has 22 heavy (non-hydrogen) atoms. The zero-order chi connectivity index (χ0) is 15.9. The van der Waals surface area contributed by atoms with Gasteiger partial charge in [-0.2, -0.15) is 0 Å². The molecule has 0 fully saturated rings. The summed E-state index contributed by atoms with van der Waals surface area (Å²) in [6.45, 7) is 0.406. The van der Waals surface area contributed by atoms with Gasteiger partial charge in [0.05, 0.1) is 12.2 Å². The second-order valence-electron chi connectivity index (χ2n) is 4.73. The van der Waals surface area contributed by atoms with Gasteiger partial charge in [0.15, 0.2) is 0 Å². The third-order valence-electron chi connectivity index (χ3n) is 3.12. The van der Waals surface area contributed by atoms with Crippen molar-refractivity contribution in [3.05, 3.63) is 70.8 Å². The fourth-order valence-electron chi connectivity index (χ4n) is 2.04. The minimum absolute atomic E-state index is 0.0707. The van der Waals surface area contributed by atoms with Crippen molar-refractivity contribution < 1.29 is 19.1 Å². The summed E-state index contributed by atoms with van der Waals surface area (Å²) in [6.07, 6.45) is 0. The molecule has 2 aromatic rings. The smallest absolute Gasteiger partial charge is 0.338 e. The van der Waals surface area contributed by atoms with Gasteiger partial charge in [-0.3, -0.25) is 4.79 Å². The van der Waals surface area contributed by atoms with Crippen LogP contribution >= 0.6 is 0 Å². The number of carbonyl (C=O) groups is 2. The summed E-state index contributed by atoms with van der Waals surface area (Å²) in [5.74, 6) is -0.948. The summed E-state index contributed by atoms with van der Waals surface area (Å²) in [7, 11) is 1.57. The molecule has 0 aliphatic rings. The predicted molar refractivity (Wildman–Crippen MR) is 81.2 cm³/mol. The molecule has 0 aliphatic heterocycles. The third-order valence-corrected chi connectivity index (χ3v) is 3.12. The number of rotatable bonds is 6. The number of esters is 1. The van der Waals surface area contributed by atoms with E-state index < -0.39 is 11.9 Å². The van der Waals surface area contributed by atoms with Gasteiger partial charge in [-0.15, -0.1) is 0 Å². The molecule has 5 nitrogen and oxygen atoms in total. The molecule has 2 aromatic carbocycles. The largest absolute Gasteiger partial charge is 0.457 e. The Bertz CT molecular complexity index is 682. The molecule has 0 heterocycles. The maximum atomic E-state index is 12.2. The third kappa shape index (κ3) is 3.93. The molecular weight excluding hydrogens is 282 g/mol. The van der Waals surface area contributed by atoms with Crippen LogP contribution in [0.2, 0.25) is 0 Å². The lowest BCUT2D eigenvalue weighted by atomic mass is 10.1. The fourth-order valence-corrected chi connectivity index (χ4v) is 2.04. The average Bonchev–Trinajstić information content (AvgIpc) is 2.53. The van der Waals surface area contributed by atoms with Gasteiger partial charge in [0.1, 0.15) is 6.61 Å².